The number of aliphatic hydroxyl groups excluding tert-OH is 1. The zero-order valence-corrected chi connectivity index (χ0v) is 8.81. The molecule has 1 aromatic rings. The molecule has 0 radical (unpaired) electrons. The lowest BCUT2D eigenvalue weighted by Crippen LogP contribution is -2.17. The number of hydrogen-bond acceptors (Lipinski definition) is 2. The Hall–Kier alpha value is -0.450. The summed E-state index contributed by atoms with van der Waals surface area (Å²) in [6.45, 7) is 0.341. The number of aliphatic hydroxyl groups is 1. The summed E-state index contributed by atoms with van der Waals surface area (Å²) in [7, 11) is 1.71. The van der Waals surface area contributed by atoms with Gasteiger partial charge < -0.3 is 10.4 Å². The number of benzene rings is 1. The molecule has 0 aliphatic heterocycles. The molecule has 0 bridgehead atoms. The predicted octanol–water partition coefficient (Wildman–Crippen LogP) is 1.84. The summed E-state index contributed by atoms with van der Waals surface area (Å²) < 4.78 is 13.7. The summed E-state index contributed by atoms with van der Waals surface area (Å²) in [4.78, 5) is 0. The molecule has 0 fully saturated rings. The Labute approximate surface area is 84.9 Å². The van der Waals surface area contributed by atoms with Gasteiger partial charge in [0.25, 0.3) is 0 Å². The van der Waals surface area contributed by atoms with Gasteiger partial charge in [0.2, 0.25) is 0 Å². The number of nitrogens with one attached hydrogen (secondary N) is 1. The second-order valence-corrected chi connectivity index (χ2v) is 3.57. The average molecular weight is 248 g/mol. The van der Waals surface area contributed by atoms with Crippen molar-refractivity contribution in [2.75, 3.05) is 13.6 Å². The Morgan fingerprint density at radius 3 is 2.92 bits per heavy atom. The monoisotopic (exact) mass is 247 g/mol. The third kappa shape index (κ3) is 2.49. The molecule has 1 unspecified atom stereocenters. The van der Waals surface area contributed by atoms with Crippen LogP contribution in [0.15, 0.2) is 22.7 Å². The van der Waals surface area contributed by atoms with E-state index in [-0.39, 0.29) is 0 Å². The van der Waals surface area contributed by atoms with Gasteiger partial charge in [0.05, 0.1) is 10.6 Å². The minimum absolute atomic E-state index is 0.309. The maximum absolute atomic E-state index is 13.3. The van der Waals surface area contributed by atoms with E-state index in [0.717, 1.165) is 0 Å². The fourth-order valence-corrected chi connectivity index (χ4v) is 1.46. The normalized spacial score (nSPS) is 12.9. The van der Waals surface area contributed by atoms with Crippen LogP contribution < -0.4 is 5.32 Å². The minimum atomic E-state index is -0.803. The molecule has 0 aromatic heterocycles. The summed E-state index contributed by atoms with van der Waals surface area (Å²) in [5, 5.41) is 12.3. The third-order valence-electron chi connectivity index (χ3n) is 1.74. The zero-order valence-electron chi connectivity index (χ0n) is 7.22. The fraction of sp³-hybridized carbons (Fsp3) is 0.333. The topological polar surface area (TPSA) is 32.3 Å². The van der Waals surface area contributed by atoms with E-state index in [1.165, 1.54) is 0 Å². The van der Waals surface area contributed by atoms with Crippen LogP contribution >= 0.6 is 15.9 Å². The maximum Gasteiger partial charge on any atom is 0.143 e. The Bertz CT molecular complexity index is 293. The molecule has 0 aliphatic rings. The first-order chi connectivity index (χ1) is 6.16. The zero-order chi connectivity index (χ0) is 9.84. The van der Waals surface area contributed by atoms with Gasteiger partial charge in [0.1, 0.15) is 5.82 Å². The first-order valence-corrected chi connectivity index (χ1v) is 4.72. The molecule has 0 heterocycles. The van der Waals surface area contributed by atoms with E-state index in [0.29, 0.717) is 16.6 Å². The summed E-state index contributed by atoms with van der Waals surface area (Å²) in [6, 6.07) is 4.87. The second kappa shape index (κ2) is 4.69. The fourth-order valence-electron chi connectivity index (χ4n) is 1.08. The van der Waals surface area contributed by atoms with Crippen molar-refractivity contribution in [2.45, 2.75) is 6.10 Å². The van der Waals surface area contributed by atoms with Gasteiger partial charge in [-0.05, 0) is 29.0 Å². The van der Waals surface area contributed by atoms with Crippen molar-refractivity contribution in [1.82, 2.24) is 5.32 Å². The number of likely N-dealkylation sites (N-methyl/N-ethyl adjacent to an activating group) is 1. The van der Waals surface area contributed by atoms with E-state index in [1.54, 1.807) is 25.2 Å². The Morgan fingerprint density at radius 2 is 2.31 bits per heavy atom. The first-order valence-electron chi connectivity index (χ1n) is 3.93. The Balaban J connectivity index is 2.93. The molecule has 0 saturated carbocycles. The van der Waals surface area contributed by atoms with E-state index in [1.807, 2.05) is 0 Å². The lowest BCUT2D eigenvalue weighted by atomic mass is 10.1. The first kappa shape index (κ1) is 10.6. The molecule has 13 heavy (non-hydrogen) atoms. The highest BCUT2D eigenvalue weighted by Gasteiger charge is 2.13. The molecule has 2 nitrogen and oxygen atoms in total. The summed E-state index contributed by atoms with van der Waals surface area (Å²) in [6.07, 6.45) is -0.803. The highest BCUT2D eigenvalue weighted by Crippen LogP contribution is 2.23. The van der Waals surface area contributed by atoms with Crippen LogP contribution in [0.2, 0.25) is 0 Å². The molecular weight excluding hydrogens is 237 g/mol. The number of rotatable bonds is 3. The van der Waals surface area contributed by atoms with Crippen molar-refractivity contribution in [2.24, 2.45) is 0 Å². The molecule has 0 amide bonds. The van der Waals surface area contributed by atoms with Gasteiger partial charge in [-0.3, -0.25) is 0 Å². The smallest absolute Gasteiger partial charge is 0.143 e. The van der Waals surface area contributed by atoms with Crippen LogP contribution in [0.25, 0.3) is 0 Å². The number of hydrogen-bond donors (Lipinski definition) is 2. The van der Waals surface area contributed by atoms with E-state index >= 15 is 0 Å². The van der Waals surface area contributed by atoms with Gasteiger partial charge in [0.15, 0.2) is 0 Å². The van der Waals surface area contributed by atoms with Crippen LogP contribution in [0.5, 0.6) is 0 Å². The van der Waals surface area contributed by atoms with Crippen LogP contribution in [0.1, 0.15) is 11.7 Å². The SMILES string of the molecule is CNCC(O)c1cccc(Br)c1F. The van der Waals surface area contributed by atoms with Crippen molar-refractivity contribution in [3.05, 3.63) is 34.1 Å². The molecule has 1 atom stereocenters. The van der Waals surface area contributed by atoms with Crippen molar-refractivity contribution in [3.63, 3.8) is 0 Å². The lowest BCUT2D eigenvalue weighted by Gasteiger charge is -2.11. The van der Waals surface area contributed by atoms with Crippen molar-refractivity contribution < 1.29 is 9.50 Å². The van der Waals surface area contributed by atoms with Crippen LogP contribution in [0.4, 0.5) is 4.39 Å². The van der Waals surface area contributed by atoms with Gasteiger partial charge in [-0.25, -0.2) is 4.39 Å². The maximum atomic E-state index is 13.3. The highest BCUT2D eigenvalue weighted by molar-refractivity contribution is 9.10. The molecular formula is C9H11BrFNO. The highest BCUT2D eigenvalue weighted by atomic mass is 79.9. The van der Waals surface area contributed by atoms with E-state index < -0.39 is 11.9 Å². The summed E-state index contributed by atoms with van der Waals surface area (Å²) in [5.74, 6) is -0.398. The average Bonchev–Trinajstić information content (AvgIpc) is 2.10. The number of halogens is 2. The van der Waals surface area contributed by atoms with Crippen molar-refractivity contribution in [1.29, 1.82) is 0 Å². The van der Waals surface area contributed by atoms with E-state index in [2.05, 4.69) is 21.2 Å². The molecule has 1 rings (SSSR count). The molecule has 72 valence electrons. The minimum Gasteiger partial charge on any atom is -0.387 e. The quantitative estimate of drug-likeness (QED) is 0.855. The van der Waals surface area contributed by atoms with Crippen LogP contribution in [-0.4, -0.2) is 18.7 Å². The molecule has 1 aromatic carbocycles. The summed E-state index contributed by atoms with van der Waals surface area (Å²) in [5.41, 5.74) is 0.309. The summed E-state index contributed by atoms with van der Waals surface area (Å²) >= 11 is 3.06. The van der Waals surface area contributed by atoms with Gasteiger partial charge >= 0.3 is 0 Å². The standard InChI is InChI=1S/C9H11BrFNO/c1-12-5-8(13)6-3-2-4-7(10)9(6)11/h2-4,8,12-13H,5H2,1H3. The van der Waals surface area contributed by atoms with Gasteiger partial charge in [-0.2, -0.15) is 0 Å². The Kier molecular flexibility index (Phi) is 3.84. The lowest BCUT2D eigenvalue weighted by molar-refractivity contribution is 0.173. The van der Waals surface area contributed by atoms with Crippen LogP contribution in [-0.2, 0) is 0 Å². The molecule has 0 saturated heterocycles. The largest absolute Gasteiger partial charge is 0.387 e. The van der Waals surface area contributed by atoms with Crippen molar-refractivity contribution >= 4 is 15.9 Å². The third-order valence-corrected chi connectivity index (χ3v) is 2.35. The van der Waals surface area contributed by atoms with Crippen molar-refractivity contribution in [3.8, 4) is 0 Å². The van der Waals surface area contributed by atoms with Gasteiger partial charge in [-0.1, -0.05) is 12.1 Å². The molecule has 0 spiro atoms. The second-order valence-electron chi connectivity index (χ2n) is 2.72. The predicted molar refractivity (Wildman–Crippen MR) is 53.0 cm³/mol. The molecule has 4 heteroatoms. The molecule has 2 N–H and O–H groups in total. The van der Waals surface area contributed by atoms with Crippen LogP contribution in [0, 0.1) is 5.82 Å². The Morgan fingerprint density at radius 1 is 1.62 bits per heavy atom. The van der Waals surface area contributed by atoms with Crippen LogP contribution in [0.3, 0.4) is 0 Å². The van der Waals surface area contributed by atoms with E-state index in [9.17, 15) is 9.50 Å². The van der Waals surface area contributed by atoms with Gasteiger partial charge in [-0.15, -0.1) is 0 Å². The van der Waals surface area contributed by atoms with E-state index in [4.69, 9.17) is 0 Å². The van der Waals surface area contributed by atoms with Gasteiger partial charge in [0, 0.05) is 12.1 Å². The molecule has 0 aliphatic carbocycles.